The summed E-state index contributed by atoms with van der Waals surface area (Å²) in [5.74, 6) is 1.91. The van der Waals surface area contributed by atoms with Crippen molar-refractivity contribution in [3.8, 4) is 0 Å². The topological polar surface area (TPSA) is 61.8 Å². The van der Waals surface area contributed by atoms with E-state index in [1.165, 1.54) is 0 Å². The maximum Gasteiger partial charge on any atom is 0.253 e. The zero-order valence-corrected chi connectivity index (χ0v) is 17.8. The summed E-state index contributed by atoms with van der Waals surface area (Å²) >= 11 is 0. The lowest BCUT2D eigenvalue weighted by molar-refractivity contribution is 0.0726. The number of piperazine rings is 1. The van der Waals surface area contributed by atoms with Gasteiger partial charge in [0, 0.05) is 55.1 Å². The van der Waals surface area contributed by atoms with Gasteiger partial charge >= 0.3 is 0 Å². The van der Waals surface area contributed by atoms with Crippen molar-refractivity contribution >= 4 is 28.3 Å². The Labute approximate surface area is 182 Å². The minimum Gasteiger partial charge on any atom is -0.378 e. The Morgan fingerprint density at radius 2 is 1.52 bits per heavy atom. The van der Waals surface area contributed by atoms with E-state index in [1.54, 1.807) is 0 Å². The van der Waals surface area contributed by atoms with E-state index in [1.807, 2.05) is 35.2 Å². The molecular formula is C24H27N5O2. The predicted molar refractivity (Wildman–Crippen MR) is 122 cm³/mol. The van der Waals surface area contributed by atoms with Crippen molar-refractivity contribution in [1.82, 2.24) is 15.1 Å². The van der Waals surface area contributed by atoms with E-state index in [0.717, 1.165) is 47.6 Å². The van der Waals surface area contributed by atoms with E-state index < -0.39 is 0 Å². The molecule has 2 aromatic carbocycles. The smallest absolute Gasteiger partial charge is 0.253 e. The van der Waals surface area contributed by atoms with Crippen molar-refractivity contribution in [3.63, 3.8) is 0 Å². The largest absolute Gasteiger partial charge is 0.378 e. The molecule has 1 atom stereocenters. The molecule has 2 aliphatic rings. The summed E-state index contributed by atoms with van der Waals surface area (Å²) in [4.78, 5) is 19.4. The number of nitrogens with zero attached hydrogens (tertiary/aromatic N) is 5. The van der Waals surface area contributed by atoms with Gasteiger partial charge in [0.25, 0.3) is 5.91 Å². The summed E-state index contributed by atoms with van der Waals surface area (Å²) in [5, 5.41) is 11.5. The number of rotatable bonds is 3. The molecule has 7 nitrogen and oxygen atoms in total. The van der Waals surface area contributed by atoms with Crippen LogP contribution in [0.3, 0.4) is 0 Å². The first kappa shape index (κ1) is 19.8. The molecule has 31 heavy (non-hydrogen) atoms. The Kier molecular flexibility index (Phi) is 5.42. The van der Waals surface area contributed by atoms with Crippen molar-refractivity contribution in [2.75, 3.05) is 55.7 Å². The summed E-state index contributed by atoms with van der Waals surface area (Å²) in [6, 6.07) is 18.0. The molecule has 2 fully saturated rings. The lowest BCUT2D eigenvalue weighted by Gasteiger charge is -2.41. The van der Waals surface area contributed by atoms with Gasteiger partial charge in [-0.25, -0.2) is 0 Å². The van der Waals surface area contributed by atoms with Crippen LogP contribution in [0.15, 0.2) is 54.6 Å². The lowest BCUT2D eigenvalue weighted by atomic mass is 10.1. The summed E-state index contributed by atoms with van der Waals surface area (Å²) < 4.78 is 5.50. The van der Waals surface area contributed by atoms with Crippen molar-refractivity contribution in [3.05, 3.63) is 60.2 Å². The predicted octanol–water partition coefficient (Wildman–Crippen LogP) is 2.82. The third-order valence-corrected chi connectivity index (χ3v) is 6.17. The third kappa shape index (κ3) is 3.81. The zero-order chi connectivity index (χ0) is 21.2. The molecule has 5 rings (SSSR count). The molecule has 3 aromatic rings. The van der Waals surface area contributed by atoms with Gasteiger partial charge in [-0.05, 0) is 19.1 Å². The summed E-state index contributed by atoms with van der Waals surface area (Å²) in [6.45, 7) is 7.29. The van der Waals surface area contributed by atoms with E-state index in [2.05, 4.69) is 51.2 Å². The van der Waals surface area contributed by atoms with Crippen LogP contribution in [-0.2, 0) is 4.74 Å². The van der Waals surface area contributed by atoms with Crippen LogP contribution in [0.1, 0.15) is 17.3 Å². The fourth-order valence-electron chi connectivity index (χ4n) is 4.52. The number of carbonyl (C=O) groups is 1. The van der Waals surface area contributed by atoms with Crippen LogP contribution < -0.4 is 9.80 Å². The Morgan fingerprint density at radius 1 is 0.871 bits per heavy atom. The van der Waals surface area contributed by atoms with Gasteiger partial charge in [0.2, 0.25) is 0 Å². The summed E-state index contributed by atoms with van der Waals surface area (Å²) in [5.41, 5.74) is 0.739. The molecule has 1 aromatic heterocycles. The number of amides is 1. The average molecular weight is 418 g/mol. The molecule has 0 N–H and O–H groups in total. The van der Waals surface area contributed by atoms with Crippen molar-refractivity contribution in [1.29, 1.82) is 0 Å². The van der Waals surface area contributed by atoms with Gasteiger partial charge in [0.15, 0.2) is 11.6 Å². The number of aromatic nitrogens is 2. The Bertz CT molecular complexity index is 1070. The quantitative estimate of drug-likeness (QED) is 0.653. The van der Waals surface area contributed by atoms with Crippen LogP contribution in [0, 0.1) is 0 Å². The van der Waals surface area contributed by atoms with Crippen LogP contribution >= 0.6 is 0 Å². The number of benzene rings is 2. The van der Waals surface area contributed by atoms with Gasteiger partial charge in [0.1, 0.15) is 0 Å². The molecule has 7 heteroatoms. The molecular weight excluding hydrogens is 390 g/mol. The van der Waals surface area contributed by atoms with Crippen LogP contribution in [0.5, 0.6) is 0 Å². The van der Waals surface area contributed by atoms with E-state index in [-0.39, 0.29) is 11.9 Å². The number of fused-ring (bicyclic) bond motifs is 1. The molecule has 0 aliphatic carbocycles. The first-order valence-electron chi connectivity index (χ1n) is 10.9. The molecule has 3 heterocycles. The van der Waals surface area contributed by atoms with Crippen LogP contribution in [0.2, 0.25) is 0 Å². The average Bonchev–Trinajstić information content (AvgIpc) is 2.84. The van der Waals surface area contributed by atoms with E-state index >= 15 is 0 Å². The minimum atomic E-state index is 0.0886. The molecule has 2 saturated heterocycles. The Morgan fingerprint density at radius 3 is 2.23 bits per heavy atom. The fraction of sp³-hybridized carbons (Fsp3) is 0.375. The molecule has 0 spiro atoms. The molecule has 1 amide bonds. The van der Waals surface area contributed by atoms with Gasteiger partial charge in [0.05, 0.1) is 13.2 Å². The van der Waals surface area contributed by atoms with Crippen molar-refractivity contribution in [2.45, 2.75) is 13.0 Å². The number of hydrogen-bond donors (Lipinski definition) is 0. The molecule has 0 radical (unpaired) electrons. The highest BCUT2D eigenvalue weighted by molar-refractivity contribution is 5.99. The number of hydrogen-bond acceptors (Lipinski definition) is 6. The maximum absolute atomic E-state index is 12.9. The maximum atomic E-state index is 12.9. The highest BCUT2D eigenvalue weighted by Gasteiger charge is 2.30. The number of ether oxygens (including phenoxy) is 1. The third-order valence-electron chi connectivity index (χ3n) is 6.17. The van der Waals surface area contributed by atoms with Crippen LogP contribution in [0.25, 0.3) is 10.8 Å². The SMILES string of the molecule is CC1CN(C(=O)c2ccccc2)CCN1c1nnc(N2CCOCC2)c2ccccc12. The molecule has 0 bridgehead atoms. The molecule has 1 unspecified atom stereocenters. The monoisotopic (exact) mass is 417 g/mol. The first-order chi connectivity index (χ1) is 15.2. The van der Waals surface area contributed by atoms with Gasteiger partial charge in [-0.3, -0.25) is 4.79 Å². The van der Waals surface area contributed by atoms with Gasteiger partial charge in [-0.2, -0.15) is 0 Å². The fourth-order valence-corrected chi connectivity index (χ4v) is 4.52. The van der Waals surface area contributed by atoms with Gasteiger partial charge < -0.3 is 19.4 Å². The molecule has 2 aliphatic heterocycles. The van der Waals surface area contributed by atoms with E-state index in [0.29, 0.717) is 26.3 Å². The second-order valence-electron chi connectivity index (χ2n) is 8.15. The lowest BCUT2D eigenvalue weighted by Crippen LogP contribution is -2.54. The molecule has 160 valence electrons. The standard InChI is InChI=1S/C24H27N5O2/c1-18-17-28(24(30)19-7-3-2-4-8-19)11-12-29(18)23-21-10-6-5-9-20(21)22(25-26-23)27-13-15-31-16-14-27/h2-10,18H,11-17H2,1H3. The molecule has 0 saturated carbocycles. The summed E-state index contributed by atoms with van der Waals surface area (Å²) in [6.07, 6.45) is 0. The van der Waals surface area contributed by atoms with E-state index in [9.17, 15) is 4.79 Å². The highest BCUT2D eigenvalue weighted by Crippen LogP contribution is 2.32. The van der Waals surface area contributed by atoms with Crippen molar-refractivity contribution in [2.24, 2.45) is 0 Å². The second kappa shape index (κ2) is 8.51. The van der Waals surface area contributed by atoms with Crippen molar-refractivity contribution < 1.29 is 9.53 Å². The normalized spacial score (nSPS) is 19.6. The Hall–Kier alpha value is -3.19. The van der Waals surface area contributed by atoms with E-state index in [4.69, 9.17) is 4.74 Å². The van der Waals surface area contributed by atoms with Gasteiger partial charge in [-0.1, -0.05) is 42.5 Å². The zero-order valence-electron chi connectivity index (χ0n) is 17.8. The number of anilines is 2. The summed E-state index contributed by atoms with van der Waals surface area (Å²) in [7, 11) is 0. The van der Waals surface area contributed by atoms with Crippen LogP contribution in [-0.4, -0.2) is 73.0 Å². The van der Waals surface area contributed by atoms with Crippen LogP contribution in [0.4, 0.5) is 11.6 Å². The Balaban J connectivity index is 1.41. The number of morpholine rings is 1. The first-order valence-corrected chi connectivity index (χ1v) is 10.9. The number of carbonyl (C=O) groups excluding carboxylic acids is 1. The highest BCUT2D eigenvalue weighted by atomic mass is 16.5. The second-order valence-corrected chi connectivity index (χ2v) is 8.15. The van der Waals surface area contributed by atoms with Gasteiger partial charge in [-0.15, -0.1) is 10.2 Å². The minimum absolute atomic E-state index is 0.0886.